The van der Waals surface area contributed by atoms with Gasteiger partial charge in [0, 0.05) is 25.2 Å². The molecule has 1 aliphatic heterocycles. The van der Waals surface area contributed by atoms with Gasteiger partial charge in [0.15, 0.2) is 4.67 Å². The lowest BCUT2D eigenvalue weighted by atomic mass is 10.3. The summed E-state index contributed by atoms with van der Waals surface area (Å²) >= 11 is 3.22. The van der Waals surface area contributed by atoms with E-state index in [0.29, 0.717) is 36.1 Å². The zero-order valence-corrected chi connectivity index (χ0v) is 13.4. The summed E-state index contributed by atoms with van der Waals surface area (Å²) in [6, 6.07) is 2.18. The first-order chi connectivity index (χ1) is 9.57. The second-order valence-electron chi connectivity index (χ2n) is 5.13. The molecule has 0 atom stereocenters. The average molecular weight is 361 g/mol. The number of nitrogens with one attached hydrogen (secondary N) is 1. The fraction of sp³-hybridized carbons (Fsp3) is 0.538. The quantitative estimate of drug-likeness (QED) is 0.818. The number of halogens is 1. The Labute approximate surface area is 127 Å². The molecule has 0 bridgehead atoms. The summed E-state index contributed by atoms with van der Waals surface area (Å²) in [4.78, 5) is 0.223. The van der Waals surface area contributed by atoms with Crippen LogP contribution in [0.5, 0.6) is 0 Å². The Bertz CT molecular complexity index is 620. The molecular formula is C13H17BrN2O3S. The van der Waals surface area contributed by atoms with Crippen LogP contribution in [0.25, 0.3) is 0 Å². The Morgan fingerprint density at radius 2 is 2.20 bits per heavy atom. The molecule has 0 saturated heterocycles. The molecule has 5 nitrogen and oxygen atoms in total. The molecule has 2 heterocycles. The lowest BCUT2D eigenvalue weighted by molar-refractivity contribution is 0.432. The SMILES string of the molecule is O=S(=O)(c1cc(CNC2CC2)oc1Br)N1CC=CCC1. The second-order valence-corrected chi connectivity index (χ2v) is 7.76. The van der Waals surface area contributed by atoms with Gasteiger partial charge >= 0.3 is 0 Å². The van der Waals surface area contributed by atoms with Crippen molar-refractivity contribution in [2.75, 3.05) is 13.1 Å². The van der Waals surface area contributed by atoms with E-state index in [1.807, 2.05) is 12.2 Å². The van der Waals surface area contributed by atoms with Crippen LogP contribution in [0.15, 0.2) is 32.2 Å². The van der Waals surface area contributed by atoms with E-state index in [0.717, 1.165) is 6.42 Å². The Hall–Kier alpha value is -0.630. The van der Waals surface area contributed by atoms with Crippen molar-refractivity contribution in [2.45, 2.75) is 36.7 Å². The number of nitrogens with zero attached hydrogens (tertiary/aromatic N) is 1. The Morgan fingerprint density at radius 3 is 2.85 bits per heavy atom. The summed E-state index contributed by atoms with van der Waals surface area (Å²) in [6.45, 7) is 1.51. The third kappa shape index (κ3) is 3.00. The molecule has 1 aliphatic carbocycles. The van der Waals surface area contributed by atoms with Crippen molar-refractivity contribution < 1.29 is 12.8 Å². The second kappa shape index (κ2) is 5.63. The summed E-state index contributed by atoms with van der Waals surface area (Å²) in [7, 11) is -3.48. The third-order valence-electron chi connectivity index (χ3n) is 3.49. The molecule has 0 radical (unpaired) electrons. The maximum atomic E-state index is 12.6. The van der Waals surface area contributed by atoms with Gasteiger partial charge in [-0.25, -0.2) is 8.42 Å². The van der Waals surface area contributed by atoms with E-state index in [1.165, 1.54) is 17.1 Å². The molecule has 0 amide bonds. The zero-order valence-electron chi connectivity index (χ0n) is 11.0. The third-order valence-corrected chi connectivity index (χ3v) is 6.21. The van der Waals surface area contributed by atoms with Crippen LogP contribution in [0.2, 0.25) is 0 Å². The van der Waals surface area contributed by atoms with Crippen LogP contribution in [0.1, 0.15) is 25.0 Å². The molecular weight excluding hydrogens is 344 g/mol. The predicted octanol–water partition coefficient (Wildman–Crippen LogP) is 2.24. The van der Waals surface area contributed by atoms with E-state index in [4.69, 9.17) is 4.42 Å². The maximum Gasteiger partial charge on any atom is 0.247 e. The number of rotatable bonds is 5. The van der Waals surface area contributed by atoms with Crippen molar-refractivity contribution in [3.8, 4) is 0 Å². The molecule has 1 aromatic rings. The van der Waals surface area contributed by atoms with Gasteiger partial charge in [-0.15, -0.1) is 0 Å². The van der Waals surface area contributed by atoms with Crippen LogP contribution < -0.4 is 5.32 Å². The van der Waals surface area contributed by atoms with Gasteiger partial charge in [0.05, 0.1) is 6.54 Å². The minimum Gasteiger partial charge on any atom is -0.452 e. The van der Waals surface area contributed by atoms with Gasteiger partial charge < -0.3 is 9.73 Å². The largest absolute Gasteiger partial charge is 0.452 e. The van der Waals surface area contributed by atoms with E-state index >= 15 is 0 Å². The predicted molar refractivity (Wildman–Crippen MR) is 78.8 cm³/mol. The van der Waals surface area contributed by atoms with Crippen molar-refractivity contribution in [1.82, 2.24) is 9.62 Å². The van der Waals surface area contributed by atoms with Crippen LogP contribution in [-0.4, -0.2) is 31.9 Å². The average Bonchev–Trinajstić information content (AvgIpc) is 3.20. The van der Waals surface area contributed by atoms with Crippen LogP contribution in [-0.2, 0) is 16.6 Å². The van der Waals surface area contributed by atoms with Crippen LogP contribution >= 0.6 is 15.9 Å². The lowest BCUT2D eigenvalue weighted by Crippen LogP contribution is -2.33. The highest BCUT2D eigenvalue weighted by atomic mass is 79.9. The van der Waals surface area contributed by atoms with Gasteiger partial charge in [-0.1, -0.05) is 12.2 Å². The molecule has 110 valence electrons. The molecule has 1 N–H and O–H groups in total. The molecule has 0 unspecified atom stereocenters. The molecule has 20 heavy (non-hydrogen) atoms. The first-order valence-electron chi connectivity index (χ1n) is 6.74. The molecule has 1 aromatic heterocycles. The van der Waals surface area contributed by atoms with Crippen molar-refractivity contribution in [3.05, 3.63) is 28.6 Å². The van der Waals surface area contributed by atoms with Crippen LogP contribution in [0, 0.1) is 0 Å². The molecule has 0 spiro atoms. The van der Waals surface area contributed by atoms with Crippen molar-refractivity contribution >= 4 is 26.0 Å². The molecule has 1 saturated carbocycles. The van der Waals surface area contributed by atoms with E-state index < -0.39 is 10.0 Å². The summed E-state index contributed by atoms with van der Waals surface area (Å²) in [5, 5.41) is 3.31. The van der Waals surface area contributed by atoms with Gasteiger partial charge in [0.25, 0.3) is 0 Å². The van der Waals surface area contributed by atoms with Crippen molar-refractivity contribution in [3.63, 3.8) is 0 Å². The van der Waals surface area contributed by atoms with Crippen molar-refractivity contribution in [1.29, 1.82) is 0 Å². The normalized spacial score (nSPS) is 20.4. The summed E-state index contributed by atoms with van der Waals surface area (Å²) in [6.07, 6.45) is 7.01. The van der Waals surface area contributed by atoms with Gasteiger partial charge in [-0.3, -0.25) is 0 Å². The summed E-state index contributed by atoms with van der Waals surface area (Å²) < 4.78 is 32.4. The summed E-state index contributed by atoms with van der Waals surface area (Å²) in [5.41, 5.74) is 0. The first-order valence-corrected chi connectivity index (χ1v) is 8.97. The Morgan fingerprint density at radius 1 is 1.40 bits per heavy atom. The highest BCUT2D eigenvalue weighted by Gasteiger charge is 2.29. The lowest BCUT2D eigenvalue weighted by Gasteiger charge is -2.21. The monoisotopic (exact) mass is 360 g/mol. The van der Waals surface area contributed by atoms with Gasteiger partial charge in [0.2, 0.25) is 10.0 Å². The molecule has 1 fully saturated rings. The maximum absolute atomic E-state index is 12.6. The Kier molecular flexibility index (Phi) is 4.03. The Balaban J connectivity index is 1.79. The van der Waals surface area contributed by atoms with Crippen LogP contribution in [0.4, 0.5) is 0 Å². The van der Waals surface area contributed by atoms with Gasteiger partial charge in [0.1, 0.15) is 10.7 Å². The molecule has 0 aromatic carbocycles. The van der Waals surface area contributed by atoms with Gasteiger partial charge in [-0.2, -0.15) is 4.31 Å². The minimum absolute atomic E-state index is 0.223. The van der Waals surface area contributed by atoms with Crippen LogP contribution in [0.3, 0.4) is 0 Å². The molecule has 2 aliphatic rings. The number of furan rings is 1. The van der Waals surface area contributed by atoms with E-state index in [-0.39, 0.29) is 4.90 Å². The first kappa shape index (κ1) is 14.3. The molecule has 3 rings (SSSR count). The van der Waals surface area contributed by atoms with Crippen molar-refractivity contribution in [2.24, 2.45) is 0 Å². The smallest absolute Gasteiger partial charge is 0.247 e. The summed E-state index contributed by atoms with van der Waals surface area (Å²) in [5.74, 6) is 0.648. The van der Waals surface area contributed by atoms with Gasteiger partial charge in [-0.05, 0) is 35.2 Å². The topological polar surface area (TPSA) is 62.6 Å². The highest BCUT2D eigenvalue weighted by molar-refractivity contribution is 9.10. The molecule has 7 heteroatoms. The number of hydrogen-bond donors (Lipinski definition) is 1. The van der Waals surface area contributed by atoms with E-state index in [1.54, 1.807) is 6.07 Å². The fourth-order valence-electron chi connectivity index (χ4n) is 2.17. The van der Waals surface area contributed by atoms with E-state index in [9.17, 15) is 8.42 Å². The standard InChI is InChI=1S/C13H17BrN2O3S/c14-13-12(8-11(19-13)9-15-10-4-5-10)20(17,18)16-6-2-1-3-7-16/h1-2,8,10,15H,3-7,9H2. The zero-order chi connectivity index (χ0) is 14.2. The highest BCUT2D eigenvalue weighted by Crippen LogP contribution is 2.30. The number of sulfonamides is 1. The van der Waals surface area contributed by atoms with E-state index in [2.05, 4.69) is 21.2 Å². The minimum atomic E-state index is -3.48. The fourth-order valence-corrected chi connectivity index (χ4v) is 4.54. The number of hydrogen-bond acceptors (Lipinski definition) is 4.